The summed E-state index contributed by atoms with van der Waals surface area (Å²) in [5, 5.41) is 0. The molecule has 0 spiro atoms. The molecule has 0 unspecified atom stereocenters. The molecule has 0 amide bonds. The lowest BCUT2D eigenvalue weighted by Gasteiger charge is -2.33. The highest BCUT2D eigenvalue weighted by molar-refractivity contribution is 5.44. The molecule has 20 heavy (non-hydrogen) atoms. The lowest BCUT2D eigenvalue weighted by atomic mass is 9.93. The smallest absolute Gasteiger partial charge is 0.198 e. The van der Waals surface area contributed by atoms with E-state index in [4.69, 9.17) is 9.72 Å². The fraction of sp³-hybridized carbons (Fsp3) is 0.562. The van der Waals surface area contributed by atoms with Crippen LogP contribution >= 0.6 is 0 Å². The molecular weight excluding hydrogens is 250 g/mol. The third kappa shape index (κ3) is 2.40. The number of fused-ring (bicyclic) bond motifs is 1. The van der Waals surface area contributed by atoms with Crippen molar-refractivity contribution in [1.82, 2.24) is 14.3 Å². The summed E-state index contributed by atoms with van der Waals surface area (Å²) in [5.74, 6) is 1.43. The Balaban J connectivity index is 1.81. The maximum absolute atomic E-state index is 5.39. The van der Waals surface area contributed by atoms with Crippen molar-refractivity contribution in [3.8, 4) is 5.88 Å². The Morgan fingerprint density at radius 1 is 1.25 bits per heavy atom. The number of methoxy groups -OCH3 is 1. The number of ether oxygens (including phenoxy) is 1. The van der Waals surface area contributed by atoms with Crippen molar-refractivity contribution in [2.75, 3.05) is 20.2 Å². The lowest BCUT2D eigenvalue weighted by molar-refractivity contribution is 0.171. The fourth-order valence-corrected chi connectivity index (χ4v) is 3.08. The Hall–Kier alpha value is -1.55. The van der Waals surface area contributed by atoms with Crippen LogP contribution in [-0.2, 0) is 0 Å². The third-order valence-electron chi connectivity index (χ3n) is 4.36. The molecule has 1 saturated heterocycles. The Kier molecular flexibility index (Phi) is 3.66. The number of likely N-dealkylation sites (tertiary alicyclic amines) is 1. The second kappa shape index (κ2) is 5.44. The monoisotopic (exact) mass is 273 g/mol. The van der Waals surface area contributed by atoms with Gasteiger partial charge in [0.15, 0.2) is 5.88 Å². The lowest BCUT2D eigenvalue weighted by Crippen LogP contribution is -2.37. The first kappa shape index (κ1) is 13.4. The van der Waals surface area contributed by atoms with Crippen molar-refractivity contribution in [1.29, 1.82) is 0 Å². The van der Waals surface area contributed by atoms with Gasteiger partial charge in [-0.3, -0.25) is 4.40 Å². The van der Waals surface area contributed by atoms with Crippen molar-refractivity contribution in [2.45, 2.75) is 38.6 Å². The number of pyridine rings is 1. The molecule has 2 aromatic heterocycles. The minimum absolute atomic E-state index is 0.578. The molecule has 0 N–H and O–H groups in total. The molecule has 0 bridgehead atoms. The van der Waals surface area contributed by atoms with Crippen molar-refractivity contribution >= 4 is 5.65 Å². The molecule has 0 atom stereocenters. The van der Waals surface area contributed by atoms with E-state index in [0.29, 0.717) is 12.0 Å². The van der Waals surface area contributed by atoms with Crippen LogP contribution in [0.1, 0.15) is 38.3 Å². The van der Waals surface area contributed by atoms with Gasteiger partial charge in [0.1, 0.15) is 5.65 Å². The van der Waals surface area contributed by atoms with Crippen molar-refractivity contribution in [2.24, 2.45) is 0 Å². The van der Waals surface area contributed by atoms with Crippen molar-refractivity contribution in [3.05, 3.63) is 30.1 Å². The molecule has 1 aliphatic heterocycles. The highest BCUT2D eigenvalue weighted by atomic mass is 16.5. The average Bonchev–Trinajstić information content (AvgIpc) is 2.91. The van der Waals surface area contributed by atoms with Crippen LogP contribution in [0.2, 0.25) is 0 Å². The quantitative estimate of drug-likeness (QED) is 0.861. The SMILES string of the molecule is COc1cccc2nc(C3CCN(C(C)C)CC3)cn12. The second-order valence-electron chi connectivity index (χ2n) is 5.87. The van der Waals surface area contributed by atoms with E-state index in [1.807, 2.05) is 22.6 Å². The first-order valence-electron chi connectivity index (χ1n) is 7.45. The van der Waals surface area contributed by atoms with Gasteiger partial charge in [-0.15, -0.1) is 0 Å². The Labute approximate surface area is 120 Å². The number of aromatic nitrogens is 2. The first-order valence-corrected chi connectivity index (χ1v) is 7.45. The van der Waals surface area contributed by atoms with Crippen molar-refractivity contribution < 1.29 is 4.74 Å². The third-order valence-corrected chi connectivity index (χ3v) is 4.36. The topological polar surface area (TPSA) is 29.8 Å². The van der Waals surface area contributed by atoms with Crippen LogP contribution in [-0.4, -0.2) is 40.5 Å². The van der Waals surface area contributed by atoms with E-state index >= 15 is 0 Å². The molecule has 4 nitrogen and oxygen atoms in total. The summed E-state index contributed by atoms with van der Waals surface area (Å²) < 4.78 is 7.44. The summed E-state index contributed by atoms with van der Waals surface area (Å²) in [6.45, 7) is 6.90. The van der Waals surface area contributed by atoms with Crippen LogP contribution in [0.25, 0.3) is 5.65 Å². The van der Waals surface area contributed by atoms with Gasteiger partial charge in [-0.2, -0.15) is 0 Å². The maximum atomic E-state index is 5.39. The summed E-state index contributed by atoms with van der Waals surface area (Å²) in [6.07, 6.45) is 4.54. The van der Waals surface area contributed by atoms with E-state index in [2.05, 4.69) is 24.9 Å². The minimum atomic E-state index is 0.578. The van der Waals surface area contributed by atoms with E-state index < -0.39 is 0 Å². The molecule has 108 valence electrons. The Morgan fingerprint density at radius 2 is 2.00 bits per heavy atom. The largest absolute Gasteiger partial charge is 0.482 e. The number of piperidine rings is 1. The van der Waals surface area contributed by atoms with Crippen LogP contribution in [0.15, 0.2) is 24.4 Å². The first-order chi connectivity index (χ1) is 9.69. The zero-order valence-corrected chi connectivity index (χ0v) is 12.5. The predicted molar refractivity (Wildman–Crippen MR) is 80.4 cm³/mol. The maximum Gasteiger partial charge on any atom is 0.198 e. The van der Waals surface area contributed by atoms with Crippen LogP contribution in [0.3, 0.4) is 0 Å². The standard InChI is InChI=1S/C16H23N3O/c1-12(2)18-9-7-13(8-10-18)14-11-19-15(17-14)5-4-6-16(19)20-3/h4-6,11-13H,7-10H2,1-3H3. The number of rotatable bonds is 3. The molecular formula is C16H23N3O. The van der Waals surface area contributed by atoms with Gasteiger partial charge < -0.3 is 9.64 Å². The van der Waals surface area contributed by atoms with Crippen molar-refractivity contribution in [3.63, 3.8) is 0 Å². The fourth-order valence-electron chi connectivity index (χ4n) is 3.08. The van der Waals surface area contributed by atoms with Gasteiger partial charge in [0, 0.05) is 18.2 Å². The molecule has 3 rings (SSSR count). The molecule has 2 aromatic rings. The van der Waals surface area contributed by atoms with Gasteiger partial charge in [0.2, 0.25) is 0 Å². The van der Waals surface area contributed by atoms with Crippen LogP contribution in [0.5, 0.6) is 5.88 Å². The van der Waals surface area contributed by atoms with E-state index in [1.165, 1.54) is 31.6 Å². The Bertz CT molecular complexity index is 582. The molecule has 0 aliphatic carbocycles. The van der Waals surface area contributed by atoms with Gasteiger partial charge in [-0.1, -0.05) is 6.07 Å². The molecule has 0 saturated carbocycles. The molecule has 3 heterocycles. The van der Waals surface area contributed by atoms with E-state index in [0.717, 1.165) is 11.5 Å². The normalized spacial score (nSPS) is 18.0. The van der Waals surface area contributed by atoms with E-state index in [9.17, 15) is 0 Å². The predicted octanol–water partition coefficient (Wildman–Crippen LogP) is 2.93. The summed E-state index contributed by atoms with van der Waals surface area (Å²) in [5.41, 5.74) is 2.18. The zero-order valence-electron chi connectivity index (χ0n) is 12.5. The summed E-state index contributed by atoms with van der Waals surface area (Å²) in [7, 11) is 1.70. The molecule has 1 fully saturated rings. The van der Waals surface area contributed by atoms with Gasteiger partial charge in [-0.25, -0.2) is 4.98 Å². The van der Waals surface area contributed by atoms with E-state index in [-0.39, 0.29) is 0 Å². The molecule has 0 radical (unpaired) electrons. The number of nitrogens with zero attached hydrogens (tertiary/aromatic N) is 3. The van der Waals surface area contributed by atoms with Gasteiger partial charge >= 0.3 is 0 Å². The molecule has 4 heteroatoms. The van der Waals surface area contributed by atoms with Gasteiger partial charge in [0.25, 0.3) is 0 Å². The van der Waals surface area contributed by atoms with Crippen LogP contribution in [0.4, 0.5) is 0 Å². The second-order valence-corrected chi connectivity index (χ2v) is 5.87. The summed E-state index contributed by atoms with van der Waals surface area (Å²) >= 11 is 0. The molecule has 1 aliphatic rings. The number of hydrogen-bond acceptors (Lipinski definition) is 3. The average molecular weight is 273 g/mol. The van der Waals surface area contributed by atoms with Crippen LogP contribution in [0, 0.1) is 0 Å². The summed E-state index contributed by atoms with van der Waals surface area (Å²) in [4.78, 5) is 7.33. The van der Waals surface area contributed by atoms with Crippen LogP contribution < -0.4 is 4.74 Å². The minimum Gasteiger partial charge on any atom is -0.482 e. The van der Waals surface area contributed by atoms with Gasteiger partial charge in [-0.05, 0) is 51.9 Å². The van der Waals surface area contributed by atoms with Gasteiger partial charge in [0.05, 0.1) is 12.8 Å². The van der Waals surface area contributed by atoms with E-state index in [1.54, 1.807) is 7.11 Å². The highest BCUT2D eigenvalue weighted by Gasteiger charge is 2.24. The molecule has 0 aromatic carbocycles. The zero-order chi connectivity index (χ0) is 14.1. The summed E-state index contributed by atoms with van der Waals surface area (Å²) in [6, 6.07) is 6.65. The number of hydrogen-bond donors (Lipinski definition) is 0. The number of imidazole rings is 1. The Morgan fingerprint density at radius 3 is 2.65 bits per heavy atom. The highest BCUT2D eigenvalue weighted by Crippen LogP contribution is 2.29.